The first-order valence-corrected chi connectivity index (χ1v) is 12.2. The number of hydrogen-bond acceptors (Lipinski definition) is 5. The van der Waals surface area contributed by atoms with Crippen LogP contribution in [-0.2, 0) is 28.3 Å². The van der Waals surface area contributed by atoms with E-state index in [1.807, 2.05) is 37.3 Å². The summed E-state index contributed by atoms with van der Waals surface area (Å²) in [5.74, 6) is -1.14. The maximum Gasteiger partial charge on any atom is 0.419 e. The molecule has 0 aliphatic carbocycles. The highest BCUT2D eigenvalue weighted by Gasteiger charge is 2.27. The Morgan fingerprint density at radius 3 is 2.53 bits per heavy atom. The topological polar surface area (TPSA) is 110 Å². The van der Waals surface area contributed by atoms with E-state index in [0.717, 1.165) is 11.1 Å². The Labute approximate surface area is 201 Å². The van der Waals surface area contributed by atoms with Gasteiger partial charge in [0.2, 0.25) is 15.9 Å². The zero-order valence-electron chi connectivity index (χ0n) is 18.4. The minimum atomic E-state index is -4.14. The second-order valence-corrected chi connectivity index (χ2v) is 9.99. The Morgan fingerprint density at radius 2 is 1.82 bits per heavy atom. The maximum atomic E-state index is 13.2. The molecule has 1 aromatic heterocycles. The van der Waals surface area contributed by atoms with Gasteiger partial charge in [-0.1, -0.05) is 48.0 Å². The molecule has 10 heteroatoms. The van der Waals surface area contributed by atoms with Crippen LogP contribution >= 0.6 is 11.6 Å². The van der Waals surface area contributed by atoms with E-state index in [9.17, 15) is 18.0 Å². The minimum absolute atomic E-state index is 0.119. The minimum Gasteiger partial charge on any atom is -0.408 e. The van der Waals surface area contributed by atoms with E-state index in [1.54, 1.807) is 18.2 Å². The molecule has 8 nitrogen and oxygen atoms in total. The average Bonchev–Trinajstić information content (AvgIpc) is 3.09. The summed E-state index contributed by atoms with van der Waals surface area (Å²) in [6.07, 6.45) is 0.119. The van der Waals surface area contributed by atoms with E-state index in [2.05, 4.69) is 10.0 Å². The third-order valence-electron chi connectivity index (χ3n) is 5.41. The lowest BCUT2D eigenvalue weighted by Gasteiger charge is -2.19. The lowest BCUT2D eigenvalue weighted by molar-refractivity contribution is -0.117. The number of halogens is 1. The largest absolute Gasteiger partial charge is 0.419 e. The molecule has 0 fully saturated rings. The smallest absolute Gasteiger partial charge is 0.408 e. The molecule has 1 heterocycles. The summed E-state index contributed by atoms with van der Waals surface area (Å²) in [4.78, 5) is 24.8. The van der Waals surface area contributed by atoms with E-state index < -0.39 is 27.7 Å². The van der Waals surface area contributed by atoms with Gasteiger partial charge >= 0.3 is 5.76 Å². The van der Waals surface area contributed by atoms with Crippen LogP contribution in [-0.4, -0.2) is 24.9 Å². The SMILES string of the molecule is Cc1ccc(NC(=O)[C@H](Cc2ccccc2)NS(=O)(=O)c2ccc3c(c2)oc(=O)n3C)cc1Cl. The lowest BCUT2D eigenvalue weighted by atomic mass is 10.1. The van der Waals surface area contributed by atoms with Gasteiger partial charge in [-0.15, -0.1) is 0 Å². The number of amides is 1. The highest BCUT2D eigenvalue weighted by Crippen LogP contribution is 2.21. The van der Waals surface area contributed by atoms with Crippen LogP contribution in [0.3, 0.4) is 0 Å². The molecule has 0 spiro atoms. The van der Waals surface area contributed by atoms with Gasteiger partial charge in [-0.05, 0) is 48.7 Å². The molecule has 0 aliphatic rings. The molecule has 2 N–H and O–H groups in total. The fourth-order valence-corrected chi connectivity index (χ4v) is 4.87. The van der Waals surface area contributed by atoms with Crippen molar-refractivity contribution in [1.82, 2.24) is 9.29 Å². The van der Waals surface area contributed by atoms with Crippen LogP contribution in [0.5, 0.6) is 0 Å². The number of nitrogens with zero attached hydrogens (tertiary/aromatic N) is 1. The zero-order chi connectivity index (χ0) is 24.5. The fraction of sp³-hybridized carbons (Fsp3) is 0.167. The van der Waals surface area contributed by atoms with Crippen LogP contribution in [0.15, 0.2) is 80.8 Å². The molecule has 176 valence electrons. The van der Waals surface area contributed by atoms with Crippen molar-refractivity contribution in [2.75, 3.05) is 5.32 Å². The summed E-state index contributed by atoms with van der Waals surface area (Å²) >= 11 is 6.16. The number of carbonyl (C=O) groups is 1. The second-order valence-electron chi connectivity index (χ2n) is 7.87. The van der Waals surface area contributed by atoms with Crippen LogP contribution in [0.2, 0.25) is 5.02 Å². The quantitative estimate of drug-likeness (QED) is 0.403. The maximum absolute atomic E-state index is 13.2. The van der Waals surface area contributed by atoms with Crippen LogP contribution in [0.25, 0.3) is 11.1 Å². The first kappa shape index (κ1) is 23.7. The van der Waals surface area contributed by atoms with Gasteiger partial charge < -0.3 is 9.73 Å². The number of anilines is 1. The molecular formula is C24H22ClN3O5S. The first-order chi connectivity index (χ1) is 16.1. The predicted molar refractivity (Wildman–Crippen MR) is 131 cm³/mol. The number of benzene rings is 3. The van der Waals surface area contributed by atoms with E-state index in [-0.39, 0.29) is 16.9 Å². The third kappa shape index (κ3) is 5.06. The number of aromatic nitrogens is 1. The van der Waals surface area contributed by atoms with Gasteiger partial charge in [0.1, 0.15) is 6.04 Å². The third-order valence-corrected chi connectivity index (χ3v) is 7.29. The molecule has 34 heavy (non-hydrogen) atoms. The monoisotopic (exact) mass is 499 g/mol. The van der Waals surface area contributed by atoms with Crippen molar-refractivity contribution in [2.24, 2.45) is 7.05 Å². The zero-order valence-corrected chi connectivity index (χ0v) is 20.0. The number of oxazole rings is 1. The lowest BCUT2D eigenvalue weighted by Crippen LogP contribution is -2.45. The highest BCUT2D eigenvalue weighted by atomic mass is 35.5. The predicted octanol–water partition coefficient (Wildman–Crippen LogP) is 3.62. The van der Waals surface area contributed by atoms with Gasteiger partial charge in [-0.3, -0.25) is 9.36 Å². The van der Waals surface area contributed by atoms with Crippen molar-refractivity contribution < 1.29 is 17.6 Å². The number of hydrogen-bond donors (Lipinski definition) is 2. The molecule has 4 rings (SSSR count). The fourth-order valence-electron chi connectivity index (χ4n) is 3.47. The molecular weight excluding hydrogens is 478 g/mol. The Morgan fingerprint density at radius 1 is 1.09 bits per heavy atom. The van der Waals surface area contributed by atoms with E-state index >= 15 is 0 Å². The van der Waals surface area contributed by atoms with Crippen molar-refractivity contribution >= 4 is 44.3 Å². The van der Waals surface area contributed by atoms with Crippen LogP contribution < -0.4 is 15.8 Å². The summed E-state index contributed by atoms with van der Waals surface area (Å²) in [6, 6.07) is 17.1. The molecule has 1 amide bonds. The molecule has 0 bridgehead atoms. The van der Waals surface area contributed by atoms with Crippen molar-refractivity contribution in [2.45, 2.75) is 24.3 Å². The normalized spacial score (nSPS) is 12.6. The van der Waals surface area contributed by atoms with Crippen molar-refractivity contribution in [3.63, 3.8) is 0 Å². The van der Waals surface area contributed by atoms with Gasteiger partial charge in [-0.2, -0.15) is 4.72 Å². The van der Waals surface area contributed by atoms with Crippen LogP contribution in [0, 0.1) is 6.92 Å². The number of nitrogens with one attached hydrogen (secondary N) is 2. The average molecular weight is 500 g/mol. The van der Waals surface area contributed by atoms with Crippen molar-refractivity contribution in [1.29, 1.82) is 0 Å². The molecule has 3 aromatic carbocycles. The highest BCUT2D eigenvalue weighted by molar-refractivity contribution is 7.89. The van der Waals surface area contributed by atoms with Gasteiger partial charge in [0.05, 0.1) is 10.4 Å². The number of fused-ring (bicyclic) bond motifs is 1. The number of carbonyl (C=O) groups excluding carboxylic acids is 1. The van der Waals surface area contributed by atoms with Crippen molar-refractivity contribution in [3.05, 3.63) is 93.4 Å². The molecule has 1 atom stereocenters. The van der Waals surface area contributed by atoms with E-state index in [1.165, 1.54) is 29.8 Å². The summed E-state index contributed by atoms with van der Waals surface area (Å²) in [6.45, 7) is 1.84. The molecule has 0 unspecified atom stereocenters. The second kappa shape index (κ2) is 9.46. The number of sulfonamides is 1. The summed E-state index contributed by atoms with van der Waals surface area (Å²) in [7, 11) is -2.61. The summed E-state index contributed by atoms with van der Waals surface area (Å²) in [5.41, 5.74) is 2.67. The molecule has 0 saturated carbocycles. The molecule has 0 radical (unpaired) electrons. The number of rotatable bonds is 7. The number of aryl methyl sites for hydroxylation is 2. The van der Waals surface area contributed by atoms with Crippen molar-refractivity contribution in [3.8, 4) is 0 Å². The Kier molecular flexibility index (Phi) is 6.60. The molecule has 4 aromatic rings. The van der Waals surface area contributed by atoms with Gasteiger partial charge in [0, 0.05) is 23.8 Å². The summed E-state index contributed by atoms with van der Waals surface area (Å²) < 4.78 is 35.2. The van der Waals surface area contributed by atoms with E-state index in [4.69, 9.17) is 16.0 Å². The van der Waals surface area contributed by atoms with Crippen LogP contribution in [0.1, 0.15) is 11.1 Å². The molecule has 0 aliphatic heterocycles. The van der Waals surface area contributed by atoms with Gasteiger partial charge in [0.15, 0.2) is 5.58 Å². The Hall–Kier alpha value is -3.40. The van der Waals surface area contributed by atoms with Gasteiger partial charge in [-0.25, -0.2) is 13.2 Å². The molecule has 0 saturated heterocycles. The Bertz CT molecular complexity index is 1530. The van der Waals surface area contributed by atoms with Gasteiger partial charge in [0.25, 0.3) is 0 Å². The Balaban J connectivity index is 1.64. The standard InChI is InChI=1S/C24H22ClN3O5S/c1-15-8-9-17(13-19(15)25)26-23(29)20(12-16-6-4-3-5-7-16)27-34(31,32)18-10-11-21-22(14-18)33-24(30)28(21)2/h3-11,13-14,20,27H,12H2,1-2H3,(H,26,29)/t20-/m0/s1. The summed E-state index contributed by atoms with van der Waals surface area (Å²) in [5, 5.41) is 3.21. The van der Waals surface area contributed by atoms with E-state index in [0.29, 0.717) is 16.2 Å². The van der Waals surface area contributed by atoms with Crippen LogP contribution in [0.4, 0.5) is 5.69 Å². The first-order valence-electron chi connectivity index (χ1n) is 10.4.